The van der Waals surface area contributed by atoms with Crippen molar-refractivity contribution in [1.82, 2.24) is 10.2 Å². The van der Waals surface area contributed by atoms with Crippen molar-refractivity contribution >= 4 is 15.8 Å². The van der Waals surface area contributed by atoms with Crippen LogP contribution in [-0.2, 0) is 19.4 Å². The second-order valence-electron chi connectivity index (χ2n) is 6.08. The Labute approximate surface area is 128 Å². The van der Waals surface area contributed by atoms with Gasteiger partial charge in [-0.3, -0.25) is 9.69 Å². The van der Waals surface area contributed by atoms with Crippen LogP contribution < -0.4 is 5.32 Å². The highest BCUT2D eigenvalue weighted by molar-refractivity contribution is 7.91. The van der Waals surface area contributed by atoms with Gasteiger partial charge in [-0.05, 0) is 47.7 Å². The molecule has 0 aliphatic carbocycles. The Morgan fingerprint density at radius 3 is 2.57 bits per heavy atom. The highest BCUT2D eigenvalue weighted by Gasteiger charge is 2.38. The number of carbonyl (C=O) groups excluding carboxylic acids is 1. The van der Waals surface area contributed by atoms with Crippen molar-refractivity contribution in [2.45, 2.75) is 51.2 Å². The highest BCUT2D eigenvalue weighted by atomic mass is 32.2. The van der Waals surface area contributed by atoms with Crippen LogP contribution >= 0.6 is 0 Å². The molecule has 1 N–H and O–H groups in total. The zero-order valence-corrected chi connectivity index (χ0v) is 14.5. The van der Waals surface area contributed by atoms with E-state index >= 15 is 0 Å². The number of likely N-dealkylation sites (N-methyl/N-ethyl adjacent to an activating group) is 1. The number of hydrogen-bond donors (Lipinski definition) is 1. The smallest absolute Gasteiger partial charge is 0.326 e. The van der Waals surface area contributed by atoms with Crippen LogP contribution in [0.1, 0.15) is 33.6 Å². The summed E-state index contributed by atoms with van der Waals surface area (Å²) in [5, 5.41) is 3.04. The van der Waals surface area contributed by atoms with Gasteiger partial charge in [0.15, 0.2) is 9.84 Å². The first kappa shape index (κ1) is 18.4. The Hall–Kier alpha value is -0.660. The van der Waals surface area contributed by atoms with Crippen molar-refractivity contribution in [2.75, 3.05) is 32.2 Å². The molecule has 21 heavy (non-hydrogen) atoms. The second kappa shape index (κ2) is 7.07. The summed E-state index contributed by atoms with van der Waals surface area (Å²) >= 11 is 0. The molecule has 0 aromatic heterocycles. The zero-order valence-electron chi connectivity index (χ0n) is 13.7. The van der Waals surface area contributed by atoms with E-state index in [-0.39, 0.29) is 29.6 Å². The molecule has 3 atom stereocenters. The summed E-state index contributed by atoms with van der Waals surface area (Å²) in [7, 11) is 0.771. The molecule has 0 aromatic carbocycles. The summed E-state index contributed by atoms with van der Waals surface area (Å²) < 4.78 is 28.3. The van der Waals surface area contributed by atoms with Crippen molar-refractivity contribution in [2.24, 2.45) is 0 Å². The predicted octanol–water partition coefficient (Wildman–Crippen LogP) is 0.425. The quantitative estimate of drug-likeness (QED) is 0.686. The molecular weight excluding hydrogens is 292 g/mol. The number of sulfone groups is 1. The van der Waals surface area contributed by atoms with Crippen molar-refractivity contribution < 1.29 is 17.9 Å². The Bertz CT molecular complexity index is 466. The largest absolute Gasteiger partial charge is 0.465 e. The van der Waals surface area contributed by atoms with Gasteiger partial charge in [0, 0.05) is 12.1 Å². The number of nitrogens with zero attached hydrogens (tertiary/aromatic N) is 1. The van der Waals surface area contributed by atoms with Crippen molar-refractivity contribution in [3.05, 3.63) is 0 Å². The number of rotatable bonds is 7. The molecule has 1 saturated heterocycles. The Morgan fingerprint density at radius 1 is 1.52 bits per heavy atom. The molecule has 1 rings (SSSR count). The molecule has 7 heteroatoms. The van der Waals surface area contributed by atoms with E-state index in [9.17, 15) is 13.2 Å². The van der Waals surface area contributed by atoms with Gasteiger partial charge in [0.2, 0.25) is 0 Å². The minimum atomic E-state index is -2.90. The first-order chi connectivity index (χ1) is 9.65. The monoisotopic (exact) mass is 320 g/mol. The molecule has 1 heterocycles. The van der Waals surface area contributed by atoms with Crippen LogP contribution in [0.2, 0.25) is 0 Å². The number of carbonyl (C=O) groups is 1. The highest BCUT2D eigenvalue weighted by Crippen LogP contribution is 2.23. The summed E-state index contributed by atoms with van der Waals surface area (Å²) in [4.78, 5) is 14.1. The van der Waals surface area contributed by atoms with E-state index in [2.05, 4.69) is 10.2 Å². The lowest BCUT2D eigenvalue weighted by Crippen LogP contribution is -2.53. The van der Waals surface area contributed by atoms with Crippen LogP contribution in [0.25, 0.3) is 0 Å². The van der Waals surface area contributed by atoms with Crippen LogP contribution in [0.4, 0.5) is 0 Å². The van der Waals surface area contributed by atoms with Gasteiger partial charge >= 0.3 is 5.97 Å². The summed E-state index contributed by atoms with van der Waals surface area (Å²) in [6.45, 7) is 5.97. The fourth-order valence-corrected chi connectivity index (χ4v) is 4.56. The van der Waals surface area contributed by atoms with E-state index in [0.717, 1.165) is 0 Å². The van der Waals surface area contributed by atoms with Gasteiger partial charge in [0.1, 0.15) is 5.54 Å². The summed E-state index contributed by atoms with van der Waals surface area (Å²) in [5.41, 5.74) is -0.763. The fraction of sp³-hybridized carbons (Fsp3) is 0.929. The van der Waals surface area contributed by atoms with E-state index in [4.69, 9.17) is 4.74 Å². The van der Waals surface area contributed by atoms with Gasteiger partial charge < -0.3 is 10.1 Å². The SMILES string of the molecule is CCOC(=O)C(C)(CC(C)N(C)C1CCS(=O)(=O)C1)NC. The van der Waals surface area contributed by atoms with Crippen LogP contribution in [-0.4, -0.2) is 69.1 Å². The topological polar surface area (TPSA) is 75.7 Å². The van der Waals surface area contributed by atoms with Gasteiger partial charge in [-0.2, -0.15) is 0 Å². The number of nitrogens with one attached hydrogen (secondary N) is 1. The molecule has 1 aliphatic heterocycles. The van der Waals surface area contributed by atoms with Crippen molar-refractivity contribution in [3.8, 4) is 0 Å². The number of hydrogen-bond acceptors (Lipinski definition) is 6. The molecule has 0 radical (unpaired) electrons. The van der Waals surface area contributed by atoms with Crippen LogP contribution in [0.5, 0.6) is 0 Å². The first-order valence-electron chi connectivity index (χ1n) is 7.43. The molecule has 1 fully saturated rings. The lowest BCUT2D eigenvalue weighted by molar-refractivity contribution is -0.151. The summed E-state index contributed by atoms with van der Waals surface area (Å²) in [6, 6.07) is 0.110. The Balaban J connectivity index is 2.70. The molecule has 0 aromatic rings. The fourth-order valence-electron chi connectivity index (χ4n) is 2.77. The Kier molecular flexibility index (Phi) is 6.19. The molecule has 124 valence electrons. The van der Waals surface area contributed by atoms with E-state index in [1.165, 1.54) is 0 Å². The molecule has 3 unspecified atom stereocenters. The van der Waals surface area contributed by atoms with E-state index in [1.54, 1.807) is 14.0 Å². The molecule has 0 amide bonds. The lowest BCUT2D eigenvalue weighted by atomic mass is 9.92. The van der Waals surface area contributed by atoms with Gasteiger partial charge in [-0.15, -0.1) is 0 Å². The maximum absolute atomic E-state index is 12.1. The third-order valence-corrected chi connectivity index (χ3v) is 6.21. The summed E-state index contributed by atoms with van der Waals surface area (Å²) in [6.07, 6.45) is 1.23. The van der Waals surface area contributed by atoms with Gasteiger partial charge in [-0.1, -0.05) is 0 Å². The van der Waals surface area contributed by atoms with Crippen LogP contribution in [0.15, 0.2) is 0 Å². The molecular formula is C14H28N2O4S. The number of ether oxygens (including phenoxy) is 1. The van der Waals surface area contributed by atoms with Gasteiger partial charge in [-0.25, -0.2) is 8.42 Å². The third kappa shape index (κ3) is 4.66. The third-order valence-electron chi connectivity index (χ3n) is 4.46. The minimum Gasteiger partial charge on any atom is -0.465 e. The number of esters is 1. The molecule has 0 saturated carbocycles. The minimum absolute atomic E-state index is 0.0355. The van der Waals surface area contributed by atoms with Crippen molar-refractivity contribution in [1.29, 1.82) is 0 Å². The van der Waals surface area contributed by atoms with E-state index in [1.807, 2.05) is 20.9 Å². The summed E-state index contributed by atoms with van der Waals surface area (Å²) in [5.74, 6) is 0.200. The van der Waals surface area contributed by atoms with Crippen LogP contribution in [0, 0.1) is 0 Å². The Morgan fingerprint density at radius 2 is 2.14 bits per heavy atom. The second-order valence-corrected chi connectivity index (χ2v) is 8.31. The maximum Gasteiger partial charge on any atom is 0.326 e. The predicted molar refractivity (Wildman–Crippen MR) is 83.0 cm³/mol. The molecule has 0 bridgehead atoms. The van der Waals surface area contributed by atoms with Gasteiger partial charge in [0.05, 0.1) is 18.1 Å². The van der Waals surface area contributed by atoms with E-state index in [0.29, 0.717) is 19.4 Å². The van der Waals surface area contributed by atoms with Crippen LogP contribution in [0.3, 0.4) is 0 Å². The average molecular weight is 320 g/mol. The molecule has 0 spiro atoms. The maximum atomic E-state index is 12.1. The lowest BCUT2D eigenvalue weighted by Gasteiger charge is -2.36. The van der Waals surface area contributed by atoms with Gasteiger partial charge in [0.25, 0.3) is 0 Å². The normalized spacial score (nSPS) is 25.5. The standard InChI is InChI=1S/C14H28N2O4S/c1-6-20-13(17)14(3,15-4)9-11(2)16(5)12-7-8-21(18,19)10-12/h11-12,15H,6-10H2,1-5H3. The zero-order chi connectivity index (χ0) is 16.3. The first-order valence-corrected chi connectivity index (χ1v) is 9.26. The molecule has 1 aliphatic rings. The van der Waals surface area contributed by atoms with Crippen molar-refractivity contribution in [3.63, 3.8) is 0 Å². The average Bonchev–Trinajstić information content (AvgIpc) is 2.78. The van der Waals surface area contributed by atoms with E-state index < -0.39 is 15.4 Å². The molecule has 6 nitrogen and oxygen atoms in total.